The number of amides is 2. The van der Waals surface area contributed by atoms with E-state index >= 15 is 0 Å². The van der Waals surface area contributed by atoms with Crippen LogP contribution in [0.5, 0.6) is 0 Å². The first kappa shape index (κ1) is 25.2. The lowest BCUT2D eigenvalue weighted by molar-refractivity contribution is -0.173. The van der Waals surface area contributed by atoms with Crippen LogP contribution in [-0.4, -0.2) is 75.8 Å². The van der Waals surface area contributed by atoms with Crippen molar-refractivity contribution in [3.8, 4) is 0 Å². The molecule has 28 heavy (non-hydrogen) atoms. The number of ether oxygens (including phenoxy) is 1. The normalized spacial score (nSPS) is 27.4. The maximum Gasteiger partial charge on any atom is 0.219 e. The lowest BCUT2D eigenvalue weighted by Crippen LogP contribution is -2.63. The lowest BCUT2D eigenvalue weighted by Gasteiger charge is -2.42. The Labute approximate surface area is 171 Å². The molecule has 1 saturated heterocycles. The van der Waals surface area contributed by atoms with Crippen LogP contribution in [0, 0.1) is 0 Å². The predicted octanol–water partition coefficient (Wildman–Crippen LogP) is 0.530. The van der Waals surface area contributed by atoms with Gasteiger partial charge in [-0.3, -0.25) is 9.59 Å². The Bertz CT molecular complexity index is 468. The second-order valence-corrected chi connectivity index (χ2v) is 8.38. The van der Waals surface area contributed by atoms with Gasteiger partial charge >= 0.3 is 0 Å². The second-order valence-electron chi connectivity index (χ2n) is 7.17. The van der Waals surface area contributed by atoms with Gasteiger partial charge in [-0.05, 0) is 25.0 Å². The van der Waals surface area contributed by atoms with Crippen molar-refractivity contribution in [3.05, 3.63) is 0 Å². The van der Waals surface area contributed by atoms with E-state index in [0.717, 1.165) is 44.3 Å². The molecule has 1 aliphatic heterocycles. The highest BCUT2D eigenvalue weighted by Crippen LogP contribution is 2.29. The van der Waals surface area contributed by atoms with E-state index in [-0.39, 0.29) is 11.8 Å². The van der Waals surface area contributed by atoms with Gasteiger partial charge in [0, 0.05) is 19.9 Å². The van der Waals surface area contributed by atoms with Crippen LogP contribution in [0.3, 0.4) is 0 Å². The van der Waals surface area contributed by atoms with E-state index < -0.39 is 36.4 Å². The maximum absolute atomic E-state index is 11.6. The Morgan fingerprint density at radius 3 is 2.46 bits per heavy atom. The number of carbonyl (C=O) groups is 2. The van der Waals surface area contributed by atoms with Crippen molar-refractivity contribution in [1.29, 1.82) is 0 Å². The average molecular weight is 421 g/mol. The fraction of sp³-hybridized carbons (Fsp3) is 0.895. The summed E-state index contributed by atoms with van der Waals surface area (Å²) in [6.45, 7) is 3.72. The number of rotatable bonds is 13. The Hall–Kier alpha value is -0.870. The van der Waals surface area contributed by atoms with Crippen LogP contribution in [0.15, 0.2) is 0 Å². The maximum atomic E-state index is 11.6. The summed E-state index contributed by atoms with van der Waals surface area (Å²) in [5.41, 5.74) is -0.544. The first-order chi connectivity index (χ1) is 13.4. The van der Waals surface area contributed by atoms with Crippen LogP contribution in [0.2, 0.25) is 0 Å². The molecule has 8 nitrogen and oxygen atoms in total. The third-order valence-corrected chi connectivity index (χ3v) is 5.94. The van der Waals surface area contributed by atoms with Crippen molar-refractivity contribution in [2.75, 3.05) is 18.9 Å². The van der Waals surface area contributed by atoms with E-state index in [1.165, 1.54) is 18.7 Å². The standard InChI is InChI=1S/C19H36N2O6S/c1-3-4-6-9-15(24)20-10-7-5-8-11-28-19-16(21-13(2)23)18(26)17(25)14(12-22)27-19/h14,16-19,22,25-26H,3-12H2,1-2H3,(H,20,24)(H,21,23)/t14?,16?,17-,18+,19-/m0/s1. The molecule has 5 N–H and O–H groups in total. The van der Waals surface area contributed by atoms with Gasteiger partial charge in [-0.15, -0.1) is 11.8 Å². The minimum atomic E-state index is -1.25. The number of unbranched alkanes of at least 4 members (excludes halogenated alkanes) is 4. The molecule has 0 aromatic carbocycles. The minimum absolute atomic E-state index is 0.110. The van der Waals surface area contributed by atoms with Gasteiger partial charge in [0.2, 0.25) is 11.8 Å². The fourth-order valence-corrected chi connectivity index (χ4v) is 4.33. The molecule has 1 fully saturated rings. The van der Waals surface area contributed by atoms with Crippen LogP contribution < -0.4 is 10.6 Å². The molecule has 1 aliphatic rings. The van der Waals surface area contributed by atoms with Crippen molar-refractivity contribution in [2.45, 2.75) is 88.6 Å². The molecule has 0 bridgehead atoms. The number of hydrogen-bond donors (Lipinski definition) is 5. The smallest absolute Gasteiger partial charge is 0.219 e. The number of carbonyl (C=O) groups excluding carboxylic acids is 2. The SMILES string of the molecule is CCCCCC(=O)NCCCCCS[C@@H]1OC(CO)[C@H](O)[C@H](O)C1NC(C)=O. The van der Waals surface area contributed by atoms with Gasteiger partial charge in [-0.25, -0.2) is 0 Å². The summed E-state index contributed by atoms with van der Waals surface area (Å²) in [5, 5.41) is 35.1. The van der Waals surface area contributed by atoms with E-state index in [1.54, 1.807) is 0 Å². The molecule has 0 aromatic rings. The molecule has 5 atom stereocenters. The zero-order valence-corrected chi connectivity index (χ0v) is 17.7. The molecule has 2 unspecified atom stereocenters. The van der Waals surface area contributed by atoms with Gasteiger partial charge in [-0.1, -0.05) is 26.2 Å². The largest absolute Gasteiger partial charge is 0.394 e. The van der Waals surface area contributed by atoms with Crippen LogP contribution in [-0.2, 0) is 14.3 Å². The zero-order chi connectivity index (χ0) is 20.9. The van der Waals surface area contributed by atoms with Crippen molar-refractivity contribution in [1.82, 2.24) is 10.6 Å². The molecule has 1 heterocycles. The minimum Gasteiger partial charge on any atom is -0.394 e. The highest BCUT2D eigenvalue weighted by Gasteiger charge is 2.44. The second kappa shape index (κ2) is 14.2. The monoisotopic (exact) mass is 420 g/mol. The number of nitrogens with one attached hydrogen (secondary N) is 2. The Kier molecular flexibility index (Phi) is 12.7. The topological polar surface area (TPSA) is 128 Å². The molecule has 2 amide bonds. The highest BCUT2D eigenvalue weighted by atomic mass is 32.2. The summed E-state index contributed by atoms with van der Waals surface area (Å²) >= 11 is 1.44. The van der Waals surface area contributed by atoms with Crippen molar-refractivity contribution in [2.24, 2.45) is 0 Å². The molecule has 164 valence electrons. The Morgan fingerprint density at radius 1 is 1.07 bits per heavy atom. The molecule has 9 heteroatoms. The zero-order valence-electron chi connectivity index (χ0n) is 16.9. The number of aliphatic hydroxyl groups is 3. The van der Waals surface area contributed by atoms with E-state index in [4.69, 9.17) is 4.74 Å². The highest BCUT2D eigenvalue weighted by molar-refractivity contribution is 7.99. The Balaban J connectivity index is 2.27. The van der Waals surface area contributed by atoms with Gasteiger partial charge in [0.1, 0.15) is 23.7 Å². The quantitative estimate of drug-likeness (QED) is 0.275. The van der Waals surface area contributed by atoms with Crippen molar-refractivity contribution in [3.63, 3.8) is 0 Å². The fourth-order valence-electron chi connectivity index (χ4n) is 3.07. The summed E-state index contributed by atoms with van der Waals surface area (Å²) < 4.78 is 5.67. The first-order valence-electron chi connectivity index (χ1n) is 10.2. The van der Waals surface area contributed by atoms with Crippen LogP contribution >= 0.6 is 11.8 Å². The number of aliphatic hydroxyl groups excluding tert-OH is 3. The molecule has 0 aliphatic carbocycles. The summed E-state index contributed by atoms with van der Waals surface area (Å²) in [5.74, 6) is 0.536. The summed E-state index contributed by atoms with van der Waals surface area (Å²) in [6, 6.07) is -0.734. The van der Waals surface area contributed by atoms with Crippen LogP contribution in [0.1, 0.15) is 58.8 Å². The average Bonchev–Trinajstić information content (AvgIpc) is 2.66. The van der Waals surface area contributed by atoms with Crippen molar-refractivity contribution < 1.29 is 29.6 Å². The molecule has 0 aromatic heterocycles. The first-order valence-corrected chi connectivity index (χ1v) is 11.2. The summed E-state index contributed by atoms with van der Waals surface area (Å²) in [6.07, 6.45) is 3.11. The molecule has 1 rings (SSSR count). The van der Waals surface area contributed by atoms with Crippen LogP contribution in [0.25, 0.3) is 0 Å². The third-order valence-electron chi connectivity index (χ3n) is 4.68. The van der Waals surface area contributed by atoms with E-state index in [9.17, 15) is 24.9 Å². The molecule has 0 radical (unpaired) electrons. The van der Waals surface area contributed by atoms with Crippen molar-refractivity contribution >= 4 is 23.6 Å². The number of hydrogen-bond acceptors (Lipinski definition) is 7. The summed E-state index contributed by atoms with van der Waals surface area (Å²) in [7, 11) is 0. The molecular weight excluding hydrogens is 384 g/mol. The molecular formula is C19H36N2O6S. The van der Waals surface area contributed by atoms with E-state index in [2.05, 4.69) is 17.6 Å². The number of thioether (sulfide) groups is 1. The van der Waals surface area contributed by atoms with E-state index in [1.807, 2.05) is 0 Å². The third kappa shape index (κ3) is 9.09. The van der Waals surface area contributed by atoms with Gasteiger partial charge in [-0.2, -0.15) is 0 Å². The van der Waals surface area contributed by atoms with Crippen LogP contribution in [0.4, 0.5) is 0 Å². The summed E-state index contributed by atoms with van der Waals surface area (Å²) in [4.78, 5) is 23.0. The lowest BCUT2D eigenvalue weighted by atomic mass is 9.98. The van der Waals surface area contributed by atoms with Gasteiger partial charge in [0.25, 0.3) is 0 Å². The van der Waals surface area contributed by atoms with E-state index in [0.29, 0.717) is 13.0 Å². The molecule has 0 spiro atoms. The Morgan fingerprint density at radius 2 is 1.82 bits per heavy atom. The molecule has 0 saturated carbocycles. The predicted molar refractivity (Wildman–Crippen MR) is 109 cm³/mol. The van der Waals surface area contributed by atoms with Gasteiger partial charge < -0.3 is 30.7 Å². The van der Waals surface area contributed by atoms with Gasteiger partial charge in [0.05, 0.1) is 12.6 Å². The van der Waals surface area contributed by atoms with Gasteiger partial charge in [0.15, 0.2) is 0 Å².